The van der Waals surface area contributed by atoms with Crippen molar-refractivity contribution in [3.63, 3.8) is 0 Å². The topological polar surface area (TPSA) is 112 Å². The summed E-state index contributed by atoms with van der Waals surface area (Å²) < 4.78 is 5.71. The normalized spacial score (nSPS) is 14.2. The van der Waals surface area contributed by atoms with Crippen LogP contribution < -0.4 is 10.6 Å². The summed E-state index contributed by atoms with van der Waals surface area (Å²) >= 11 is 6.23. The van der Waals surface area contributed by atoms with Gasteiger partial charge in [0.05, 0.1) is 11.0 Å². The number of H-pyrrole nitrogens is 1. The minimum absolute atomic E-state index is 0.0397. The summed E-state index contributed by atoms with van der Waals surface area (Å²) in [4.78, 5) is 35.9. The van der Waals surface area contributed by atoms with Gasteiger partial charge in [-0.2, -0.15) is 0 Å². The number of hydrogen-bond acceptors (Lipinski definition) is 6. The molecule has 1 fully saturated rings. The fourth-order valence-corrected chi connectivity index (χ4v) is 5.12. The van der Waals surface area contributed by atoms with E-state index in [1.165, 1.54) is 6.92 Å². The molecule has 0 aliphatic carbocycles. The van der Waals surface area contributed by atoms with Crippen LogP contribution in [-0.4, -0.2) is 65.5 Å². The van der Waals surface area contributed by atoms with Crippen molar-refractivity contribution in [2.24, 2.45) is 0 Å². The Morgan fingerprint density at radius 2 is 1.80 bits per heavy atom. The van der Waals surface area contributed by atoms with Gasteiger partial charge in [0.15, 0.2) is 5.82 Å². The Balaban J connectivity index is 0.000000194. The van der Waals surface area contributed by atoms with Gasteiger partial charge in [0.1, 0.15) is 11.5 Å². The van der Waals surface area contributed by atoms with Crippen molar-refractivity contribution in [1.29, 1.82) is 0 Å². The number of ether oxygens (including phenoxy) is 1. The highest BCUT2D eigenvalue weighted by Crippen LogP contribution is 2.39. The zero-order valence-electron chi connectivity index (χ0n) is 23.0. The van der Waals surface area contributed by atoms with Crippen LogP contribution in [0, 0.1) is 6.92 Å². The van der Waals surface area contributed by atoms with Crippen LogP contribution in [0.4, 0.5) is 5.82 Å². The number of carbonyl (C=O) groups is 2. The maximum atomic E-state index is 10.9. The largest absolute Gasteiger partial charge is 0.373 e. The van der Waals surface area contributed by atoms with Crippen LogP contribution in [0.3, 0.4) is 0 Å². The van der Waals surface area contributed by atoms with Crippen LogP contribution in [0.15, 0.2) is 60.7 Å². The number of amides is 2. The first-order valence-electron chi connectivity index (χ1n) is 13.3. The number of fused-ring (bicyclic) bond motifs is 1. The number of nitrogens with zero attached hydrogens (tertiary/aromatic N) is 3. The number of aromatic nitrogens is 3. The molecule has 1 aliphatic rings. The average molecular weight is 563 g/mol. The van der Waals surface area contributed by atoms with E-state index in [0.717, 1.165) is 57.9 Å². The first-order chi connectivity index (χ1) is 19.3. The molecule has 1 saturated heterocycles. The van der Waals surface area contributed by atoms with Gasteiger partial charge in [-0.25, -0.2) is 9.97 Å². The number of rotatable bonds is 8. The van der Waals surface area contributed by atoms with Crippen LogP contribution in [0.2, 0.25) is 5.02 Å². The van der Waals surface area contributed by atoms with Gasteiger partial charge in [-0.1, -0.05) is 60.1 Å². The van der Waals surface area contributed by atoms with Crippen molar-refractivity contribution in [3.05, 3.63) is 76.9 Å². The van der Waals surface area contributed by atoms with E-state index >= 15 is 0 Å². The van der Waals surface area contributed by atoms with Crippen molar-refractivity contribution in [2.75, 3.05) is 38.6 Å². The molecular formula is C30H35ClN6O3. The van der Waals surface area contributed by atoms with Crippen molar-refractivity contribution in [1.82, 2.24) is 25.2 Å². The Kier molecular flexibility index (Phi) is 9.74. The number of aromatic amines is 1. The third-order valence-electron chi connectivity index (χ3n) is 6.96. The van der Waals surface area contributed by atoms with Crippen molar-refractivity contribution in [2.45, 2.75) is 32.3 Å². The molecule has 3 N–H and O–H groups in total. The molecule has 2 amide bonds. The van der Waals surface area contributed by atoms with Gasteiger partial charge in [0.25, 0.3) is 0 Å². The monoisotopic (exact) mass is 562 g/mol. The lowest BCUT2D eigenvalue weighted by Crippen LogP contribution is -2.43. The summed E-state index contributed by atoms with van der Waals surface area (Å²) in [7, 11) is 1.71. The second-order valence-electron chi connectivity index (χ2n) is 9.71. The molecule has 0 bridgehead atoms. The number of piperidine rings is 1. The van der Waals surface area contributed by atoms with Gasteiger partial charge in [-0.3, -0.25) is 9.59 Å². The molecule has 2 aromatic heterocycles. The number of hydrogen-bond donors (Lipinski definition) is 3. The zero-order chi connectivity index (χ0) is 28.5. The number of benzene rings is 2. The second-order valence-corrected chi connectivity index (χ2v) is 10.1. The lowest BCUT2D eigenvalue weighted by atomic mass is 9.84. The van der Waals surface area contributed by atoms with Crippen molar-refractivity contribution in [3.8, 4) is 11.4 Å². The van der Waals surface area contributed by atoms with E-state index in [4.69, 9.17) is 16.3 Å². The fourth-order valence-electron chi connectivity index (χ4n) is 4.82. The van der Waals surface area contributed by atoms with E-state index in [1.54, 1.807) is 12.0 Å². The number of nitrogens with one attached hydrogen (secondary N) is 3. The number of likely N-dealkylation sites (tertiary alicyclic amines) is 1. The molecule has 0 spiro atoms. The molecule has 0 radical (unpaired) electrons. The van der Waals surface area contributed by atoms with Crippen molar-refractivity contribution >= 4 is 40.8 Å². The summed E-state index contributed by atoms with van der Waals surface area (Å²) in [5, 5.41) is 7.72. The molecule has 4 aromatic rings. The molecule has 10 heteroatoms. The second kappa shape index (κ2) is 13.4. The van der Waals surface area contributed by atoms with E-state index < -0.39 is 0 Å². The molecule has 9 nitrogen and oxygen atoms in total. The predicted molar refractivity (Wildman–Crippen MR) is 158 cm³/mol. The Labute approximate surface area is 239 Å². The number of methoxy groups -OCH3 is 1. The first kappa shape index (κ1) is 29.0. The fraction of sp³-hybridized carbons (Fsp3) is 0.333. The van der Waals surface area contributed by atoms with Gasteiger partial charge in [-0.15, -0.1) is 0 Å². The minimum atomic E-state index is -0.349. The smallest absolute Gasteiger partial charge is 0.216 e. The minimum Gasteiger partial charge on any atom is -0.373 e. The number of carbonyl (C=O) groups excluding carboxylic acids is 2. The van der Waals surface area contributed by atoms with Crippen LogP contribution in [-0.2, 0) is 19.9 Å². The van der Waals surface area contributed by atoms with Gasteiger partial charge in [0, 0.05) is 62.1 Å². The van der Waals surface area contributed by atoms with Crippen LogP contribution in [0.5, 0.6) is 0 Å². The molecule has 1 aliphatic heterocycles. The third-order valence-corrected chi connectivity index (χ3v) is 7.29. The van der Waals surface area contributed by atoms with Gasteiger partial charge in [0.2, 0.25) is 12.3 Å². The Bertz CT molecular complexity index is 1430. The molecule has 0 saturated carbocycles. The Morgan fingerprint density at radius 1 is 1.10 bits per heavy atom. The molecule has 0 atom stereocenters. The standard InChI is InChI=1S/C17H19N5O.C13H16ClNO2/c1-11-10-14-16(19-9-8-18-12(2)23)21-15(22-17(14)20-11)13-6-4-3-5-7-13;1-17-13(6-8-15(10-16)9-7-13)11-4-2-3-5-12(11)14/h3-7,10H,8-9H2,1-2H3,(H,18,23)(H2,19,20,21,22);2-5,10H,6-9H2,1H3. The Morgan fingerprint density at radius 3 is 2.45 bits per heavy atom. The number of halogens is 1. The maximum absolute atomic E-state index is 10.9. The van der Waals surface area contributed by atoms with Crippen molar-refractivity contribution < 1.29 is 14.3 Å². The first-order valence-corrected chi connectivity index (χ1v) is 13.6. The summed E-state index contributed by atoms with van der Waals surface area (Å²) in [6.07, 6.45) is 2.46. The van der Waals surface area contributed by atoms with E-state index in [2.05, 4.69) is 25.6 Å². The summed E-state index contributed by atoms with van der Waals surface area (Å²) in [6.45, 7) is 6.07. The van der Waals surface area contributed by atoms with Crippen LogP contribution in [0.1, 0.15) is 31.0 Å². The molecule has 40 heavy (non-hydrogen) atoms. The number of aryl methyl sites for hydroxylation is 1. The highest BCUT2D eigenvalue weighted by molar-refractivity contribution is 6.31. The lowest BCUT2D eigenvalue weighted by Gasteiger charge is -2.40. The maximum Gasteiger partial charge on any atom is 0.216 e. The highest BCUT2D eigenvalue weighted by atomic mass is 35.5. The summed E-state index contributed by atoms with van der Waals surface area (Å²) in [5.74, 6) is 1.40. The summed E-state index contributed by atoms with van der Waals surface area (Å²) in [6, 6.07) is 19.6. The SMILES string of the molecule is CC(=O)NCCNc1nc(-c2ccccc2)nc2[nH]c(C)cc12.COC1(c2ccccc2Cl)CCN(C=O)CC1. The van der Waals surface area contributed by atoms with E-state index in [0.29, 0.717) is 32.0 Å². The van der Waals surface area contributed by atoms with Gasteiger partial charge in [-0.05, 0) is 31.9 Å². The van der Waals surface area contributed by atoms with Crippen LogP contribution >= 0.6 is 11.6 Å². The molecule has 5 rings (SSSR count). The number of anilines is 1. The van der Waals surface area contributed by atoms with E-state index in [-0.39, 0.29) is 11.5 Å². The Hall–Kier alpha value is -3.95. The molecule has 2 aromatic carbocycles. The van der Waals surface area contributed by atoms with Crippen LogP contribution in [0.25, 0.3) is 22.4 Å². The molecule has 210 valence electrons. The molecular weight excluding hydrogens is 528 g/mol. The predicted octanol–water partition coefficient (Wildman–Crippen LogP) is 4.92. The molecule has 0 unspecified atom stereocenters. The van der Waals surface area contributed by atoms with Gasteiger partial charge < -0.3 is 25.3 Å². The average Bonchev–Trinajstić information content (AvgIpc) is 3.36. The molecule has 3 heterocycles. The lowest BCUT2D eigenvalue weighted by molar-refractivity contribution is -0.124. The summed E-state index contributed by atoms with van der Waals surface area (Å²) in [5.41, 5.74) is 3.47. The highest BCUT2D eigenvalue weighted by Gasteiger charge is 2.37. The van der Waals surface area contributed by atoms with E-state index in [1.807, 2.05) is 67.6 Å². The van der Waals surface area contributed by atoms with E-state index in [9.17, 15) is 9.59 Å². The third kappa shape index (κ3) is 6.97. The quantitative estimate of drug-likeness (QED) is 0.208. The van der Waals surface area contributed by atoms with Gasteiger partial charge >= 0.3 is 0 Å². The zero-order valence-corrected chi connectivity index (χ0v) is 23.8.